The topological polar surface area (TPSA) is 157 Å². The van der Waals surface area contributed by atoms with Crippen LogP contribution in [0.2, 0.25) is 0 Å². The molecule has 1 saturated heterocycles. The zero-order chi connectivity index (χ0) is 36.7. The van der Waals surface area contributed by atoms with Crippen LogP contribution in [0.4, 0.5) is 0 Å². The van der Waals surface area contributed by atoms with Crippen LogP contribution in [0.1, 0.15) is 42.1 Å². The third-order valence-corrected chi connectivity index (χ3v) is 11.4. The zero-order valence-electron chi connectivity index (χ0n) is 29.2. The Kier molecular flexibility index (Phi) is 12.7. The predicted molar refractivity (Wildman–Crippen MR) is 199 cm³/mol. The minimum absolute atomic E-state index is 0.0270. The molecule has 2 aliphatic rings. The second-order valence-electron chi connectivity index (χ2n) is 13.4. The van der Waals surface area contributed by atoms with Crippen molar-refractivity contribution in [3.63, 3.8) is 0 Å². The fourth-order valence-corrected chi connectivity index (χ4v) is 8.40. The molecule has 0 bridgehead atoms. The normalized spacial score (nSPS) is 20.8. The molecule has 1 heterocycles. The molecule has 13 heteroatoms. The summed E-state index contributed by atoms with van der Waals surface area (Å²) < 4.78 is 4.54. The molecule has 1 aliphatic carbocycles. The van der Waals surface area contributed by atoms with Crippen LogP contribution < -0.4 is 20.7 Å². The number of methoxy groups -OCH3 is 1. The predicted octanol–water partition coefficient (Wildman–Crippen LogP) is 2.63. The zero-order valence-corrected chi connectivity index (χ0v) is 30.8. The van der Waals surface area contributed by atoms with Crippen LogP contribution >= 0.6 is 23.5 Å². The monoisotopic (exact) mass is 734 g/mol. The number of thioether (sulfide) groups is 2. The Morgan fingerprint density at radius 3 is 2.43 bits per heavy atom. The summed E-state index contributed by atoms with van der Waals surface area (Å²) in [5, 5.41) is 31.2. The van der Waals surface area contributed by atoms with E-state index in [1.807, 2.05) is 74.7 Å². The van der Waals surface area contributed by atoms with Gasteiger partial charge in [0.15, 0.2) is 6.10 Å². The van der Waals surface area contributed by atoms with Crippen molar-refractivity contribution in [2.45, 2.75) is 74.2 Å². The standard InChI is InChI=1S/C38H46N4O7S2/c1-38(2)34(36(47)41-32-27-16-9-8-14-25(27)20-30(32)43)42(22-51-38)37(48)33(45)28(18-23-11-6-5-7-12-23)40-35(46)29(21-50-4)39-31(44)19-24-13-10-15-26(17-24)49-3/h5-17,28-30,32-34,43,45H,18-22H2,1-4H3,(H,39,44)(H,40,46)(H,41,47)/t28-,29-,30+,32-,33-,34+/m0/s1. The Morgan fingerprint density at radius 1 is 1.00 bits per heavy atom. The van der Waals surface area contributed by atoms with Crippen molar-refractivity contribution in [3.05, 3.63) is 101 Å². The summed E-state index contributed by atoms with van der Waals surface area (Å²) >= 11 is 2.78. The third kappa shape index (κ3) is 9.26. The Bertz CT molecular complexity index is 1710. The highest BCUT2D eigenvalue weighted by atomic mass is 32.2. The molecule has 5 N–H and O–H groups in total. The molecule has 3 aromatic carbocycles. The van der Waals surface area contributed by atoms with Crippen LogP contribution in [0.5, 0.6) is 5.75 Å². The van der Waals surface area contributed by atoms with Gasteiger partial charge in [0, 0.05) is 16.9 Å². The van der Waals surface area contributed by atoms with Gasteiger partial charge in [0.2, 0.25) is 17.7 Å². The minimum atomic E-state index is -1.71. The van der Waals surface area contributed by atoms with E-state index in [9.17, 15) is 29.4 Å². The van der Waals surface area contributed by atoms with E-state index in [0.717, 1.165) is 22.3 Å². The average molecular weight is 735 g/mol. The number of hydrogen-bond donors (Lipinski definition) is 5. The highest BCUT2D eigenvalue weighted by molar-refractivity contribution is 8.00. The molecule has 3 aromatic rings. The first-order valence-corrected chi connectivity index (χ1v) is 19.2. The number of nitrogens with zero attached hydrogens (tertiary/aromatic N) is 1. The van der Waals surface area contributed by atoms with Gasteiger partial charge in [0.1, 0.15) is 17.8 Å². The van der Waals surface area contributed by atoms with Crippen LogP contribution in [-0.2, 0) is 38.4 Å². The summed E-state index contributed by atoms with van der Waals surface area (Å²) in [5.74, 6) is -1.04. The fourth-order valence-electron chi connectivity index (χ4n) is 6.69. The summed E-state index contributed by atoms with van der Waals surface area (Å²) in [5.41, 5.74) is 3.28. The lowest BCUT2D eigenvalue weighted by Gasteiger charge is -2.34. The van der Waals surface area contributed by atoms with Crippen LogP contribution in [0.3, 0.4) is 0 Å². The Labute approximate surface area is 307 Å². The van der Waals surface area contributed by atoms with Crippen molar-refractivity contribution in [1.29, 1.82) is 0 Å². The molecule has 0 spiro atoms. The van der Waals surface area contributed by atoms with E-state index in [1.165, 1.54) is 28.4 Å². The second-order valence-corrected chi connectivity index (χ2v) is 15.9. The number of amides is 4. The molecule has 51 heavy (non-hydrogen) atoms. The summed E-state index contributed by atoms with van der Waals surface area (Å²) in [6.07, 6.45) is -0.150. The molecule has 0 unspecified atom stereocenters. The SMILES string of the molecule is COc1cccc(CC(=O)N[C@@H](CSC)C(=O)N[C@@H](Cc2ccccc2)[C@H](O)C(=O)N2CSC(C)(C)[C@H]2C(=O)N[C@H]2c3ccccc3C[C@H]2O)c1. The minimum Gasteiger partial charge on any atom is -0.497 e. The molecular formula is C38H46N4O7S2. The molecular weight excluding hydrogens is 689 g/mol. The Balaban J connectivity index is 1.33. The van der Waals surface area contributed by atoms with E-state index in [2.05, 4.69) is 16.0 Å². The smallest absolute Gasteiger partial charge is 0.254 e. The summed E-state index contributed by atoms with van der Waals surface area (Å²) in [6.45, 7) is 3.73. The lowest BCUT2D eigenvalue weighted by Crippen LogP contribution is -2.60. The first kappa shape index (κ1) is 38.2. The van der Waals surface area contributed by atoms with E-state index in [4.69, 9.17) is 4.74 Å². The lowest BCUT2D eigenvalue weighted by atomic mass is 9.96. The Morgan fingerprint density at radius 2 is 1.71 bits per heavy atom. The van der Waals surface area contributed by atoms with Crippen molar-refractivity contribution in [1.82, 2.24) is 20.9 Å². The van der Waals surface area contributed by atoms with E-state index in [-0.39, 0.29) is 30.4 Å². The summed E-state index contributed by atoms with van der Waals surface area (Å²) in [7, 11) is 1.54. The van der Waals surface area contributed by atoms with Crippen LogP contribution in [0, 0.1) is 0 Å². The van der Waals surface area contributed by atoms with Crippen molar-refractivity contribution in [2.24, 2.45) is 0 Å². The maximum Gasteiger partial charge on any atom is 0.254 e. The van der Waals surface area contributed by atoms with Crippen molar-refractivity contribution >= 4 is 47.2 Å². The molecule has 1 fully saturated rings. The van der Waals surface area contributed by atoms with Gasteiger partial charge in [0.05, 0.1) is 37.6 Å². The van der Waals surface area contributed by atoms with Crippen molar-refractivity contribution in [2.75, 3.05) is 25.0 Å². The van der Waals surface area contributed by atoms with Crippen molar-refractivity contribution in [3.8, 4) is 5.75 Å². The van der Waals surface area contributed by atoms with Crippen LogP contribution in [-0.4, -0.2) is 98.8 Å². The van der Waals surface area contributed by atoms with Crippen molar-refractivity contribution < 1.29 is 34.1 Å². The number of fused-ring (bicyclic) bond motifs is 1. The number of carbonyl (C=O) groups is 4. The highest BCUT2D eigenvalue weighted by Gasteiger charge is 2.51. The van der Waals surface area contributed by atoms with Gasteiger partial charge in [-0.25, -0.2) is 0 Å². The molecule has 6 atom stereocenters. The van der Waals surface area contributed by atoms with E-state index in [0.29, 0.717) is 12.2 Å². The number of hydrogen-bond acceptors (Lipinski definition) is 9. The van der Waals surface area contributed by atoms with Gasteiger partial charge in [-0.2, -0.15) is 11.8 Å². The van der Waals surface area contributed by atoms with Gasteiger partial charge in [0.25, 0.3) is 5.91 Å². The van der Waals surface area contributed by atoms with E-state index in [1.54, 1.807) is 31.4 Å². The number of carbonyl (C=O) groups excluding carboxylic acids is 4. The molecule has 0 radical (unpaired) electrons. The van der Waals surface area contributed by atoms with Gasteiger partial charge < -0.3 is 35.8 Å². The molecule has 1 aliphatic heterocycles. The quantitative estimate of drug-likeness (QED) is 0.168. The number of aliphatic hydroxyl groups excluding tert-OH is 2. The first-order valence-electron chi connectivity index (χ1n) is 16.9. The molecule has 0 saturated carbocycles. The molecule has 4 amide bonds. The van der Waals surface area contributed by atoms with E-state index >= 15 is 0 Å². The van der Waals surface area contributed by atoms with Gasteiger partial charge in [-0.1, -0.05) is 66.7 Å². The first-order chi connectivity index (χ1) is 24.4. The average Bonchev–Trinajstić information content (AvgIpc) is 3.61. The third-order valence-electron chi connectivity index (χ3n) is 9.32. The second kappa shape index (κ2) is 17.0. The van der Waals surface area contributed by atoms with Crippen LogP contribution in [0.15, 0.2) is 78.9 Å². The number of ether oxygens (including phenoxy) is 1. The van der Waals surface area contributed by atoms with Gasteiger partial charge in [-0.05, 0) is 60.9 Å². The van der Waals surface area contributed by atoms with Gasteiger partial charge >= 0.3 is 0 Å². The largest absolute Gasteiger partial charge is 0.497 e. The number of nitrogens with one attached hydrogen (secondary N) is 3. The maximum absolute atomic E-state index is 14.2. The highest BCUT2D eigenvalue weighted by Crippen LogP contribution is 2.41. The number of aliphatic hydroxyl groups is 2. The van der Waals surface area contributed by atoms with E-state index < -0.39 is 58.8 Å². The number of benzene rings is 3. The fraction of sp³-hybridized carbons (Fsp3) is 0.421. The Hall–Kier alpha value is -4.04. The van der Waals surface area contributed by atoms with Crippen LogP contribution in [0.25, 0.3) is 0 Å². The van der Waals surface area contributed by atoms with Gasteiger partial charge in [-0.15, -0.1) is 11.8 Å². The maximum atomic E-state index is 14.2. The molecule has 5 rings (SSSR count). The summed E-state index contributed by atoms with van der Waals surface area (Å²) in [6, 6.07) is 20.2. The lowest BCUT2D eigenvalue weighted by molar-refractivity contribution is -0.148. The summed E-state index contributed by atoms with van der Waals surface area (Å²) in [4.78, 5) is 56.3. The molecule has 0 aromatic heterocycles. The number of rotatable bonds is 14. The molecule has 11 nitrogen and oxygen atoms in total. The van der Waals surface area contributed by atoms with Gasteiger partial charge in [-0.3, -0.25) is 19.2 Å². The molecule has 272 valence electrons.